The highest BCUT2D eigenvalue weighted by Gasteiger charge is 2.11. The van der Waals surface area contributed by atoms with Crippen molar-refractivity contribution >= 4 is 17.6 Å². The van der Waals surface area contributed by atoms with Crippen LogP contribution in [0.1, 0.15) is 22.3 Å². The van der Waals surface area contributed by atoms with E-state index in [2.05, 4.69) is 22.7 Å². The molecule has 0 spiro atoms. The third-order valence-electron chi connectivity index (χ3n) is 3.22. The van der Waals surface area contributed by atoms with Crippen molar-refractivity contribution in [2.75, 3.05) is 5.43 Å². The zero-order chi connectivity index (χ0) is 15.4. The molecular formula is C16H17N3O2. The molecule has 5 nitrogen and oxygen atoms in total. The van der Waals surface area contributed by atoms with Crippen molar-refractivity contribution in [1.29, 1.82) is 0 Å². The van der Waals surface area contributed by atoms with Crippen molar-refractivity contribution in [2.45, 2.75) is 20.8 Å². The number of anilines is 1. The van der Waals surface area contributed by atoms with E-state index in [9.17, 15) is 10.1 Å². The van der Waals surface area contributed by atoms with Crippen LogP contribution in [0.2, 0.25) is 0 Å². The Labute approximate surface area is 123 Å². The van der Waals surface area contributed by atoms with E-state index in [1.54, 1.807) is 24.4 Å². The molecule has 21 heavy (non-hydrogen) atoms. The van der Waals surface area contributed by atoms with Crippen LogP contribution in [0.25, 0.3) is 0 Å². The third-order valence-corrected chi connectivity index (χ3v) is 3.22. The summed E-state index contributed by atoms with van der Waals surface area (Å²) in [6.07, 6.45) is 1.70. The summed E-state index contributed by atoms with van der Waals surface area (Å²) in [7, 11) is 0. The molecule has 0 heterocycles. The van der Waals surface area contributed by atoms with Gasteiger partial charge in [-0.3, -0.25) is 15.5 Å². The van der Waals surface area contributed by atoms with Gasteiger partial charge >= 0.3 is 0 Å². The first-order chi connectivity index (χ1) is 9.99. The van der Waals surface area contributed by atoms with Crippen molar-refractivity contribution < 1.29 is 4.92 Å². The van der Waals surface area contributed by atoms with Gasteiger partial charge in [0.2, 0.25) is 0 Å². The number of benzene rings is 2. The van der Waals surface area contributed by atoms with E-state index in [0.29, 0.717) is 5.69 Å². The number of nitro benzene ring substituents is 1. The predicted molar refractivity (Wildman–Crippen MR) is 85.0 cm³/mol. The van der Waals surface area contributed by atoms with Gasteiger partial charge in [0.1, 0.15) is 5.69 Å². The number of hydrogen-bond acceptors (Lipinski definition) is 4. The van der Waals surface area contributed by atoms with E-state index < -0.39 is 4.92 Å². The normalized spacial score (nSPS) is 10.8. The molecule has 5 heteroatoms. The summed E-state index contributed by atoms with van der Waals surface area (Å²) in [6, 6.07) is 10.6. The average Bonchev–Trinajstić information content (AvgIpc) is 2.42. The molecule has 0 aromatic heterocycles. The van der Waals surface area contributed by atoms with E-state index >= 15 is 0 Å². The first kappa shape index (κ1) is 14.7. The molecule has 0 bridgehead atoms. The van der Waals surface area contributed by atoms with Crippen LogP contribution in [-0.4, -0.2) is 11.1 Å². The molecule has 0 aliphatic rings. The van der Waals surface area contributed by atoms with Crippen LogP contribution in [0.3, 0.4) is 0 Å². The summed E-state index contributed by atoms with van der Waals surface area (Å²) in [5, 5.41) is 15.0. The van der Waals surface area contributed by atoms with Crippen LogP contribution in [0.5, 0.6) is 0 Å². The van der Waals surface area contributed by atoms with Gasteiger partial charge in [0.05, 0.1) is 11.1 Å². The summed E-state index contributed by atoms with van der Waals surface area (Å²) >= 11 is 0. The lowest BCUT2D eigenvalue weighted by Gasteiger charge is -2.07. The quantitative estimate of drug-likeness (QED) is 0.524. The summed E-state index contributed by atoms with van der Waals surface area (Å²) < 4.78 is 0. The second-order valence-electron chi connectivity index (χ2n) is 4.96. The minimum atomic E-state index is -0.430. The van der Waals surface area contributed by atoms with E-state index in [0.717, 1.165) is 16.7 Å². The Morgan fingerprint density at radius 3 is 2.38 bits per heavy atom. The fourth-order valence-electron chi connectivity index (χ4n) is 2.29. The largest absolute Gasteiger partial charge is 0.294 e. The molecule has 108 valence electrons. The number of para-hydroxylation sites is 2. The monoisotopic (exact) mass is 283 g/mol. The lowest BCUT2D eigenvalue weighted by molar-refractivity contribution is -0.384. The van der Waals surface area contributed by atoms with Crippen LogP contribution in [-0.2, 0) is 0 Å². The van der Waals surface area contributed by atoms with Crippen LogP contribution >= 0.6 is 0 Å². The topological polar surface area (TPSA) is 67.5 Å². The zero-order valence-corrected chi connectivity index (χ0v) is 12.3. The molecule has 2 aromatic carbocycles. The van der Waals surface area contributed by atoms with Crippen LogP contribution in [0, 0.1) is 30.9 Å². The molecule has 0 radical (unpaired) electrons. The van der Waals surface area contributed by atoms with Crippen molar-refractivity contribution in [3.63, 3.8) is 0 Å². The van der Waals surface area contributed by atoms with Gasteiger partial charge < -0.3 is 0 Å². The van der Waals surface area contributed by atoms with Gasteiger partial charge in [-0.25, -0.2) is 0 Å². The number of nitrogens with zero attached hydrogens (tertiary/aromatic N) is 2. The molecule has 2 aromatic rings. The number of rotatable bonds is 4. The van der Waals surface area contributed by atoms with Crippen LogP contribution in [0.15, 0.2) is 41.5 Å². The van der Waals surface area contributed by atoms with Gasteiger partial charge in [-0.05, 0) is 38.0 Å². The smallest absolute Gasteiger partial charge is 0.272 e. The molecular weight excluding hydrogens is 266 g/mol. The highest BCUT2D eigenvalue weighted by molar-refractivity contribution is 5.84. The number of nitrogens with one attached hydrogen (secondary N) is 1. The fraction of sp³-hybridized carbons (Fsp3) is 0.188. The van der Waals surface area contributed by atoms with Crippen molar-refractivity contribution in [3.05, 3.63) is 68.8 Å². The number of nitro groups is 1. The highest BCUT2D eigenvalue weighted by atomic mass is 16.6. The SMILES string of the molecule is Cc1cc(C)c(/C=N\Nc2ccccc2[N+](=O)[O-])c(C)c1. The summed E-state index contributed by atoms with van der Waals surface area (Å²) in [5.41, 5.74) is 7.60. The lowest BCUT2D eigenvalue weighted by atomic mass is 10.0. The zero-order valence-electron chi connectivity index (χ0n) is 12.3. The molecule has 0 unspecified atom stereocenters. The van der Waals surface area contributed by atoms with E-state index in [1.165, 1.54) is 11.6 Å². The molecule has 0 saturated heterocycles. The number of aryl methyl sites for hydroxylation is 3. The van der Waals surface area contributed by atoms with Crippen molar-refractivity contribution in [2.24, 2.45) is 5.10 Å². The molecule has 1 N–H and O–H groups in total. The van der Waals surface area contributed by atoms with Gasteiger partial charge in [0.25, 0.3) is 5.69 Å². The third kappa shape index (κ3) is 3.45. The first-order valence-corrected chi connectivity index (χ1v) is 6.59. The lowest BCUT2D eigenvalue weighted by Crippen LogP contribution is -1.98. The summed E-state index contributed by atoms with van der Waals surface area (Å²) in [6.45, 7) is 6.09. The van der Waals surface area contributed by atoms with Crippen LogP contribution in [0.4, 0.5) is 11.4 Å². The van der Waals surface area contributed by atoms with Crippen molar-refractivity contribution in [3.8, 4) is 0 Å². The fourth-order valence-corrected chi connectivity index (χ4v) is 2.29. The maximum absolute atomic E-state index is 10.9. The van der Waals surface area contributed by atoms with Gasteiger partial charge in [0.15, 0.2) is 0 Å². The average molecular weight is 283 g/mol. The Hall–Kier alpha value is -2.69. The van der Waals surface area contributed by atoms with Crippen molar-refractivity contribution in [1.82, 2.24) is 0 Å². The molecule has 0 fully saturated rings. The van der Waals surface area contributed by atoms with E-state index in [1.807, 2.05) is 20.8 Å². The van der Waals surface area contributed by atoms with Gasteiger partial charge in [-0.2, -0.15) is 5.10 Å². The van der Waals surface area contributed by atoms with E-state index in [-0.39, 0.29) is 5.69 Å². The molecule has 0 saturated carbocycles. The Balaban J connectivity index is 2.23. The second kappa shape index (κ2) is 6.17. The molecule has 0 aliphatic carbocycles. The molecule has 0 atom stereocenters. The minimum Gasteiger partial charge on any atom is -0.272 e. The molecule has 0 aliphatic heterocycles. The van der Waals surface area contributed by atoms with Gasteiger partial charge in [-0.1, -0.05) is 29.8 Å². The Morgan fingerprint density at radius 2 is 1.76 bits per heavy atom. The maximum atomic E-state index is 10.9. The van der Waals surface area contributed by atoms with E-state index in [4.69, 9.17) is 0 Å². The highest BCUT2D eigenvalue weighted by Crippen LogP contribution is 2.23. The Bertz CT molecular complexity index is 685. The molecule has 0 amide bonds. The second-order valence-corrected chi connectivity index (χ2v) is 4.96. The first-order valence-electron chi connectivity index (χ1n) is 6.59. The minimum absolute atomic E-state index is 0.00648. The number of hydrazone groups is 1. The molecule has 2 rings (SSSR count). The summed E-state index contributed by atoms with van der Waals surface area (Å²) in [5.74, 6) is 0. The predicted octanol–water partition coefficient (Wildman–Crippen LogP) is 3.97. The Kier molecular flexibility index (Phi) is 4.33. The number of hydrogen-bond donors (Lipinski definition) is 1. The van der Waals surface area contributed by atoms with Gasteiger partial charge in [-0.15, -0.1) is 0 Å². The van der Waals surface area contributed by atoms with Crippen LogP contribution < -0.4 is 5.43 Å². The standard InChI is InChI=1S/C16H17N3O2/c1-11-8-12(2)14(13(3)9-11)10-17-18-15-6-4-5-7-16(15)19(20)21/h4-10,18H,1-3H3/b17-10-. The maximum Gasteiger partial charge on any atom is 0.294 e. The summed E-state index contributed by atoms with van der Waals surface area (Å²) in [4.78, 5) is 10.5. The van der Waals surface area contributed by atoms with Gasteiger partial charge in [0, 0.05) is 11.6 Å². The Morgan fingerprint density at radius 1 is 1.14 bits per heavy atom.